The number of nitrogens with one attached hydrogen (secondary N) is 1. The zero-order chi connectivity index (χ0) is 28.4. The van der Waals surface area contributed by atoms with Crippen molar-refractivity contribution in [2.75, 3.05) is 20.3 Å². The number of fused-ring (bicyclic) bond motifs is 5. The zero-order valence-electron chi connectivity index (χ0n) is 21.5. The molecule has 0 saturated heterocycles. The van der Waals surface area contributed by atoms with Gasteiger partial charge in [0.05, 0.1) is 19.0 Å². The van der Waals surface area contributed by atoms with Crippen molar-refractivity contribution in [1.82, 2.24) is 4.98 Å². The van der Waals surface area contributed by atoms with Crippen LogP contribution in [0.25, 0.3) is 33.2 Å². The summed E-state index contributed by atoms with van der Waals surface area (Å²) in [4.78, 5) is 42.2. The highest BCUT2D eigenvalue weighted by Gasteiger charge is 2.35. The van der Waals surface area contributed by atoms with Crippen molar-refractivity contribution in [3.8, 4) is 45.8 Å². The summed E-state index contributed by atoms with van der Waals surface area (Å²) >= 11 is 0. The molecule has 11 heteroatoms. The minimum absolute atomic E-state index is 0.0317. The lowest BCUT2D eigenvalue weighted by Gasteiger charge is -2.26. The van der Waals surface area contributed by atoms with Gasteiger partial charge in [0, 0.05) is 46.2 Å². The Balaban J connectivity index is 1.47. The number of carbonyl (C=O) groups is 1. The smallest absolute Gasteiger partial charge is 0.312 e. The molecule has 0 bridgehead atoms. The van der Waals surface area contributed by atoms with Gasteiger partial charge in [0.15, 0.2) is 28.4 Å². The summed E-state index contributed by atoms with van der Waals surface area (Å²) in [5, 5.41) is 21.5. The van der Waals surface area contributed by atoms with Crippen molar-refractivity contribution in [3.63, 3.8) is 0 Å². The highest BCUT2D eigenvalue weighted by atomic mass is 16.6. The first-order valence-electron chi connectivity index (χ1n) is 12.7. The number of H-pyrrole nitrogens is 1. The number of aromatic amines is 1. The molecule has 0 fully saturated rings. The molecular weight excluding hydrogens is 534 g/mol. The van der Waals surface area contributed by atoms with E-state index in [1.54, 1.807) is 24.3 Å². The molecule has 0 radical (unpaired) electrons. The van der Waals surface area contributed by atoms with Gasteiger partial charge in [-0.25, -0.2) is 0 Å². The molecule has 0 aliphatic carbocycles. The Morgan fingerprint density at radius 2 is 1.68 bits per heavy atom. The monoisotopic (exact) mass is 555 g/mol. The highest BCUT2D eigenvalue weighted by Crippen LogP contribution is 2.46. The summed E-state index contributed by atoms with van der Waals surface area (Å²) in [5.41, 5.74) is 0.301. The van der Waals surface area contributed by atoms with E-state index in [1.807, 2.05) is 0 Å². The third-order valence-corrected chi connectivity index (χ3v) is 7.30. The summed E-state index contributed by atoms with van der Waals surface area (Å²) in [6, 6.07) is 11.9. The first kappa shape index (κ1) is 24.6. The van der Waals surface area contributed by atoms with Gasteiger partial charge in [0.25, 0.3) is 5.56 Å². The first-order valence-corrected chi connectivity index (χ1v) is 12.7. The molecule has 0 saturated carbocycles. The second kappa shape index (κ2) is 9.05. The van der Waals surface area contributed by atoms with Crippen LogP contribution < -0.4 is 29.9 Å². The molecule has 206 valence electrons. The Hall–Kier alpha value is -5.45. The number of phenols is 2. The van der Waals surface area contributed by atoms with Gasteiger partial charge >= 0.3 is 5.97 Å². The molecule has 11 nitrogen and oxygen atoms in total. The average Bonchev–Trinajstić information content (AvgIpc) is 2.94. The van der Waals surface area contributed by atoms with Gasteiger partial charge in [-0.3, -0.25) is 14.4 Å². The van der Waals surface area contributed by atoms with Gasteiger partial charge in [-0.05, 0) is 30.3 Å². The molecule has 3 aromatic carbocycles. The average molecular weight is 555 g/mol. The van der Waals surface area contributed by atoms with Gasteiger partial charge in [-0.15, -0.1) is 0 Å². The summed E-state index contributed by atoms with van der Waals surface area (Å²) in [5.74, 6) is -0.792. The number of aromatic nitrogens is 1. The minimum atomic E-state index is -0.877. The lowest BCUT2D eigenvalue weighted by atomic mass is 9.85. The lowest BCUT2D eigenvalue weighted by molar-refractivity contribution is -0.135. The van der Waals surface area contributed by atoms with Crippen molar-refractivity contribution in [2.45, 2.75) is 12.3 Å². The third-order valence-electron chi connectivity index (χ3n) is 7.30. The van der Waals surface area contributed by atoms with Crippen LogP contribution in [0.3, 0.4) is 0 Å². The molecule has 2 aliphatic heterocycles. The van der Waals surface area contributed by atoms with Crippen LogP contribution in [0.1, 0.15) is 23.5 Å². The number of esters is 1. The van der Waals surface area contributed by atoms with Crippen LogP contribution in [-0.4, -0.2) is 41.5 Å². The number of carbonyl (C=O) groups excluding carboxylic acids is 1. The summed E-state index contributed by atoms with van der Waals surface area (Å²) in [7, 11) is 1.41. The number of hydrogen-bond donors (Lipinski definition) is 3. The molecule has 0 amide bonds. The molecule has 2 aromatic heterocycles. The van der Waals surface area contributed by atoms with Crippen molar-refractivity contribution in [3.05, 3.63) is 80.2 Å². The van der Waals surface area contributed by atoms with Crippen molar-refractivity contribution in [1.29, 1.82) is 0 Å². The normalized spacial score (nSPS) is 15.9. The Bertz CT molecular complexity index is 2040. The van der Waals surface area contributed by atoms with Gasteiger partial charge in [0.2, 0.25) is 0 Å². The van der Waals surface area contributed by atoms with Crippen molar-refractivity contribution < 1.29 is 38.4 Å². The number of ether oxygens (including phenoxy) is 4. The van der Waals surface area contributed by atoms with E-state index in [-0.39, 0.29) is 51.5 Å². The van der Waals surface area contributed by atoms with Crippen LogP contribution in [0, 0.1) is 0 Å². The third kappa shape index (κ3) is 3.93. The number of rotatable bonds is 3. The largest absolute Gasteiger partial charge is 0.507 e. The number of hydrogen-bond acceptors (Lipinski definition) is 10. The van der Waals surface area contributed by atoms with Gasteiger partial charge < -0.3 is 38.6 Å². The van der Waals surface area contributed by atoms with Crippen LogP contribution in [0.15, 0.2) is 62.5 Å². The first-order chi connectivity index (χ1) is 19.8. The second-order valence-corrected chi connectivity index (χ2v) is 9.74. The number of aromatic hydroxyl groups is 2. The summed E-state index contributed by atoms with van der Waals surface area (Å²) < 4.78 is 28.0. The predicted molar refractivity (Wildman–Crippen MR) is 145 cm³/mol. The molecule has 4 heterocycles. The van der Waals surface area contributed by atoms with E-state index >= 15 is 0 Å². The molecule has 7 rings (SSSR count). The molecule has 0 spiro atoms. The molecule has 5 aromatic rings. The van der Waals surface area contributed by atoms with Gasteiger partial charge in [0.1, 0.15) is 41.4 Å². The van der Waals surface area contributed by atoms with Crippen LogP contribution in [0.4, 0.5) is 0 Å². The van der Waals surface area contributed by atoms with Crippen LogP contribution in [0.2, 0.25) is 0 Å². The molecule has 41 heavy (non-hydrogen) atoms. The minimum Gasteiger partial charge on any atom is -0.507 e. The van der Waals surface area contributed by atoms with Crippen molar-refractivity contribution >= 4 is 27.8 Å². The van der Waals surface area contributed by atoms with Crippen LogP contribution >= 0.6 is 0 Å². The van der Waals surface area contributed by atoms with E-state index in [4.69, 9.17) is 23.4 Å². The molecule has 3 N–H and O–H groups in total. The Morgan fingerprint density at radius 1 is 0.902 bits per heavy atom. The Labute approximate surface area is 230 Å². The van der Waals surface area contributed by atoms with E-state index in [2.05, 4.69) is 4.98 Å². The van der Waals surface area contributed by atoms with E-state index in [9.17, 15) is 24.6 Å². The Kier molecular flexibility index (Phi) is 5.43. The van der Waals surface area contributed by atoms with Gasteiger partial charge in [-0.2, -0.15) is 0 Å². The fourth-order valence-electron chi connectivity index (χ4n) is 5.43. The SMILES string of the molecule is COc1ccc(-c2cc(=O)c3c(O)cc4c(c3o2)[C@@H](c2cc3cc5c(cc3[nH]c2=O)OCCO5)CC(=O)O4)cc1O. The van der Waals surface area contributed by atoms with Crippen LogP contribution in [0.5, 0.6) is 34.5 Å². The summed E-state index contributed by atoms with van der Waals surface area (Å²) in [6.45, 7) is 0.782. The fourth-order valence-corrected chi connectivity index (χ4v) is 5.43. The van der Waals surface area contributed by atoms with E-state index < -0.39 is 28.6 Å². The number of benzene rings is 3. The van der Waals surface area contributed by atoms with Crippen molar-refractivity contribution in [2.24, 2.45) is 0 Å². The predicted octanol–water partition coefficient (Wildman–Crippen LogP) is 3.93. The summed E-state index contributed by atoms with van der Waals surface area (Å²) in [6.07, 6.45) is -0.219. The number of phenolic OH excluding ortho intramolecular Hbond substituents is 2. The molecule has 0 unspecified atom stereocenters. The fraction of sp³-hybridized carbons (Fsp3) is 0.167. The maximum atomic E-state index is 13.4. The van der Waals surface area contributed by atoms with E-state index in [0.29, 0.717) is 41.2 Å². The highest BCUT2D eigenvalue weighted by molar-refractivity contribution is 5.93. The molecular formula is C30H21NO10. The molecule has 2 aliphatic rings. The second-order valence-electron chi connectivity index (χ2n) is 9.74. The Morgan fingerprint density at radius 3 is 2.44 bits per heavy atom. The number of methoxy groups -OCH3 is 1. The molecule has 1 atom stereocenters. The number of pyridine rings is 1. The standard InChI is InChI=1S/C30H21NO10/c1-37-21-3-2-13(7-18(21)32)22-11-19(33)28-20(34)12-25-27(29(28)41-22)15(9-26(35)40-25)16-6-14-8-23-24(39-5-4-38-23)10-17(14)31-30(16)36/h2-3,6-8,10-12,15,32,34H,4-5,9H2,1H3,(H,31,36)/t15-/m1/s1. The quantitative estimate of drug-likeness (QED) is 0.220. The maximum absolute atomic E-state index is 13.4. The zero-order valence-corrected chi connectivity index (χ0v) is 21.5. The maximum Gasteiger partial charge on any atom is 0.312 e. The van der Waals surface area contributed by atoms with Gasteiger partial charge in [-0.1, -0.05) is 0 Å². The topological polar surface area (TPSA) is 158 Å². The van der Waals surface area contributed by atoms with E-state index in [1.165, 1.54) is 31.4 Å². The lowest BCUT2D eigenvalue weighted by Crippen LogP contribution is -2.26. The van der Waals surface area contributed by atoms with Crippen LogP contribution in [-0.2, 0) is 4.79 Å². The van der Waals surface area contributed by atoms with E-state index in [0.717, 1.165) is 0 Å².